The maximum Gasteiger partial charge on any atom is 0.416 e. The molecule has 2 aliphatic heterocycles. The van der Waals surface area contributed by atoms with Gasteiger partial charge in [0.2, 0.25) is 5.91 Å². The standard InChI is InChI=1S/C32H40F3N9O2S/c1-21-6-7-22(30(46)39-24-15-23(32(33,34)35)16-25(17-24)43-12-10-41(2)11-13-43)14-27(21)44(37)19-26(36)28-18-38-31(47-28)40-29(45)20-42-8-4-3-5-9-42/h6-7,14-19H,3-5,8-13,20,36-37H2,1-2H3,(H,39,46)(H,38,40,45)/b26-19-. The molecule has 0 radical (unpaired) electrons. The number of alkyl halides is 3. The summed E-state index contributed by atoms with van der Waals surface area (Å²) < 4.78 is 41.4. The molecule has 0 unspecified atom stereocenters. The molecule has 252 valence electrons. The number of piperazine rings is 1. The number of anilines is 4. The highest BCUT2D eigenvalue weighted by Crippen LogP contribution is 2.35. The largest absolute Gasteiger partial charge is 0.416 e. The molecule has 0 aliphatic carbocycles. The molecule has 0 saturated carbocycles. The van der Waals surface area contributed by atoms with Crippen LogP contribution in [0, 0.1) is 6.92 Å². The number of piperidine rings is 1. The topological polar surface area (TPSA) is 136 Å². The minimum absolute atomic E-state index is 0.0404. The number of likely N-dealkylation sites (tertiary alicyclic amines) is 1. The molecular weight excluding hydrogens is 631 g/mol. The van der Waals surface area contributed by atoms with Gasteiger partial charge in [-0.15, -0.1) is 0 Å². The van der Waals surface area contributed by atoms with Crippen molar-refractivity contribution >= 4 is 51.0 Å². The second kappa shape index (κ2) is 14.7. The summed E-state index contributed by atoms with van der Waals surface area (Å²) in [5.74, 6) is 5.62. The van der Waals surface area contributed by atoms with Gasteiger partial charge in [0.25, 0.3) is 5.91 Å². The van der Waals surface area contributed by atoms with E-state index in [2.05, 4.69) is 25.4 Å². The molecule has 0 bridgehead atoms. The Balaban J connectivity index is 1.28. The number of benzene rings is 2. The molecule has 3 aromatic rings. The number of likely N-dealkylation sites (N-methyl/N-ethyl adjacent to an activating group) is 1. The minimum atomic E-state index is -4.58. The highest BCUT2D eigenvalue weighted by atomic mass is 32.1. The maximum atomic E-state index is 13.8. The van der Waals surface area contributed by atoms with E-state index in [0.29, 0.717) is 41.0 Å². The molecule has 15 heteroatoms. The third-order valence-corrected chi connectivity index (χ3v) is 9.21. The number of nitrogens with zero attached hydrogens (tertiary/aromatic N) is 5. The summed E-state index contributed by atoms with van der Waals surface area (Å²) in [7, 11) is 1.96. The number of hydrogen-bond acceptors (Lipinski definition) is 10. The summed E-state index contributed by atoms with van der Waals surface area (Å²) in [4.78, 5) is 36.7. The summed E-state index contributed by atoms with van der Waals surface area (Å²) in [6, 6.07) is 8.42. The van der Waals surface area contributed by atoms with Gasteiger partial charge in [-0.25, -0.2) is 10.8 Å². The van der Waals surface area contributed by atoms with Gasteiger partial charge < -0.3 is 26.2 Å². The van der Waals surface area contributed by atoms with Gasteiger partial charge in [0.1, 0.15) is 0 Å². The van der Waals surface area contributed by atoms with Crippen LogP contribution in [-0.4, -0.2) is 79.5 Å². The molecular formula is C32H40F3N9O2S. The number of nitrogens with two attached hydrogens (primary N) is 2. The summed E-state index contributed by atoms with van der Waals surface area (Å²) in [5, 5.41) is 7.15. The Morgan fingerprint density at radius 1 is 1.02 bits per heavy atom. The molecule has 6 N–H and O–H groups in total. The average molecular weight is 672 g/mol. The highest BCUT2D eigenvalue weighted by molar-refractivity contribution is 7.16. The molecule has 0 atom stereocenters. The third kappa shape index (κ3) is 9.00. The van der Waals surface area contributed by atoms with Crippen LogP contribution in [0.2, 0.25) is 0 Å². The summed E-state index contributed by atoms with van der Waals surface area (Å²) in [6.45, 7) is 6.52. The lowest BCUT2D eigenvalue weighted by atomic mass is 10.1. The zero-order valence-corrected chi connectivity index (χ0v) is 27.3. The van der Waals surface area contributed by atoms with Crippen LogP contribution in [0.5, 0.6) is 0 Å². The number of aryl methyl sites for hydroxylation is 1. The Morgan fingerprint density at radius 3 is 2.45 bits per heavy atom. The first-order valence-electron chi connectivity index (χ1n) is 15.4. The third-order valence-electron chi connectivity index (χ3n) is 8.25. The summed E-state index contributed by atoms with van der Waals surface area (Å²) >= 11 is 1.21. The number of nitrogens with one attached hydrogen (secondary N) is 2. The number of carbonyl (C=O) groups is 2. The van der Waals surface area contributed by atoms with E-state index >= 15 is 0 Å². The summed E-state index contributed by atoms with van der Waals surface area (Å²) in [6.07, 6.45) is 1.81. The number of thiazole rings is 1. The Hall–Kier alpha value is -4.18. The number of carbonyl (C=O) groups excluding carboxylic acids is 2. The van der Waals surface area contributed by atoms with Gasteiger partial charge in [-0.1, -0.05) is 23.8 Å². The predicted molar refractivity (Wildman–Crippen MR) is 180 cm³/mol. The fourth-order valence-corrected chi connectivity index (χ4v) is 6.31. The number of hydrazine groups is 1. The van der Waals surface area contributed by atoms with Crippen molar-refractivity contribution in [3.05, 3.63) is 70.4 Å². The smallest absolute Gasteiger partial charge is 0.396 e. The lowest BCUT2D eigenvalue weighted by Gasteiger charge is -2.34. The van der Waals surface area contributed by atoms with Crippen LogP contribution in [0.3, 0.4) is 0 Å². The molecule has 2 aromatic carbocycles. The first-order chi connectivity index (χ1) is 22.4. The maximum absolute atomic E-state index is 13.8. The number of hydrogen-bond donors (Lipinski definition) is 4. The first kappa shape index (κ1) is 34.2. The molecule has 1 aromatic heterocycles. The molecule has 3 heterocycles. The van der Waals surface area contributed by atoms with E-state index in [1.807, 2.05) is 11.9 Å². The number of halogens is 3. The number of amides is 2. The lowest BCUT2D eigenvalue weighted by molar-refractivity contribution is -0.137. The molecule has 2 aliphatic rings. The number of rotatable bonds is 9. The van der Waals surface area contributed by atoms with Gasteiger partial charge in [-0.05, 0) is 75.8 Å². The van der Waals surface area contributed by atoms with Crippen molar-refractivity contribution in [1.29, 1.82) is 0 Å². The van der Waals surface area contributed by atoms with Gasteiger partial charge in [-0.3, -0.25) is 19.5 Å². The molecule has 5 rings (SSSR count). The van der Waals surface area contributed by atoms with Gasteiger partial charge in [0, 0.05) is 55.5 Å². The van der Waals surface area contributed by atoms with Crippen molar-refractivity contribution < 1.29 is 22.8 Å². The van der Waals surface area contributed by atoms with Crippen LogP contribution in [0.4, 0.5) is 35.4 Å². The van der Waals surface area contributed by atoms with Crippen molar-refractivity contribution in [2.75, 3.05) is 73.4 Å². The van der Waals surface area contributed by atoms with E-state index < -0.39 is 17.6 Å². The SMILES string of the molecule is Cc1ccc(C(=O)Nc2cc(N3CCN(C)CC3)cc(C(F)(F)F)c2)cc1N(N)/C=C(\N)c1cnc(NC(=O)CN2CCCCC2)s1. The van der Waals surface area contributed by atoms with E-state index in [0.717, 1.165) is 56.7 Å². The molecule has 2 fully saturated rings. The molecule has 2 amide bonds. The van der Waals surface area contributed by atoms with Crippen LogP contribution in [0.1, 0.15) is 45.6 Å². The van der Waals surface area contributed by atoms with Crippen molar-refractivity contribution in [1.82, 2.24) is 14.8 Å². The number of aromatic nitrogens is 1. The van der Waals surface area contributed by atoms with E-state index in [4.69, 9.17) is 11.6 Å². The van der Waals surface area contributed by atoms with E-state index in [1.54, 1.807) is 37.4 Å². The minimum Gasteiger partial charge on any atom is -0.396 e. The second-order valence-corrected chi connectivity index (χ2v) is 12.9. The fourth-order valence-electron chi connectivity index (χ4n) is 5.55. The summed E-state index contributed by atoms with van der Waals surface area (Å²) in [5.41, 5.74) is 7.60. The van der Waals surface area contributed by atoms with Gasteiger partial charge in [0.15, 0.2) is 5.13 Å². The Labute approximate surface area is 276 Å². The molecule has 0 spiro atoms. The van der Waals surface area contributed by atoms with Gasteiger partial charge in [0.05, 0.1) is 28.4 Å². The Kier molecular flexibility index (Phi) is 10.7. The van der Waals surface area contributed by atoms with E-state index in [1.165, 1.54) is 29.0 Å². The predicted octanol–water partition coefficient (Wildman–Crippen LogP) is 4.54. The van der Waals surface area contributed by atoms with Gasteiger partial charge in [-0.2, -0.15) is 13.2 Å². The zero-order valence-electron chi connectivity index (χ0n) is 26.4. The van der Waals surface area contributed by atoms with Crippen molar-refractivity contribution in [2.45, 2.75) is 32.4 Å². The van der Waals surface area contributed by atoms with E-state index in [9.17, 15) is 22.8 Å². The normalized spacial score (nSPS) is 16.6. The van der Waals surface area contributed by atoms with Crippen LogP contribution in [0.25, 0.3) is 5.70 Å². The molecule has 11 nitrogen and oxygen atoms in total. The van der Waals surface area contributed by atoms with Crippen LogP contribution >= 0.6 is 11.3 Å². The van der Waals surface area contributed by atoms with Crippen molar-refractivity contribution in [3.8, 4) is 0 Å². The fraction of sp³-hybridized carbons (Fsp3) is 0.406. The Morgan fingerprint density at radius 2 is 1.74 bits per heavy atom. The second-order valence-electron chi connectivity index (χ2n) is 11.9. The monoisotopic (exact) mass is 671 g/mol. The van der Waals surface area contributed by atoms with Crippen LogP contribution in [0.15, 0.2) is 48.8 Å². The first-order valence-corrected chi connectivity index (χ1v) is 16.2. The van der Waals surface area contributed by atoms with Crippen LogP contribution in [-0.2, 0) is 11.0 Å². The molecule has 47 heavy (non-hydrogen) atoms. The quantitative estimate of drug-likeness (QED) is 0.191. The highest BCUT2D eigenvalue weighted by Gasteiger charge is 2.32. The van der Waals surface area contributed by atoms with Gasteiger partial charge >= 0.3 is 6.18 Å². The van der Waals surface area contributed by atoms with Crippen molar-refractivity contribution in [3.63, 3.8) is 0 Å². The Bertz CT molecular complexity index is 1610. The molecule has 2 saturated heterocycles. The van der Waals surface area contributed by atoms with Crippen molar-refractivity contribution in [2.24, 2.45) is 11.6 Å². The average Bonchev–Trinajstić information content (AvgIpc) is 3.50. The zero-order chi connectivity index (χ0) is 33.7. The lowest BCUT2D eigenvalue weighted by Crippen LogP contribution is -2.44. The van der Waals surface area contributed by atoms with Crippen LogP contribution < -0.4 is 32.1 Å². The van der Waals surface area contributed by atoms with E-state index in [-0.39, 0.29) is 22.9 Å².